The third kappa shape index (κ3) is 2.47. The highest BCUT2D eigenvalue weighted by atomic mass is 79.9. The fraction of sp³-hybridized carbons (Fsp3) is 0.118. The molecule has 2 aliphatic rings. The highest BCUT2D eigenvalue weighted by molar-refractivity contribution is 9.10. The lowest BCUT2D eigenvalue weighted by Gasteiger charge is -2.21. The van der Waals surface area contributed by atoms with Gasteiger partial charge in [0.15, 0.2) is 0 Å². The monoisotopic (exact) mass is 448 g/mol. The molecule has 2 N–H and O–H groups in total. The molecule has 4 amide bonds. The maximum atomic E-state index is 14.3. The first-order valence-electron chi connectivity index (χ1n) is 7.92. The fourth-order valence-electron chi connectivity index (χ4n) is 3.37. The second-order valence-electron chi connectivity index (χ2n) is 6.24. The van der Waals surface area contributed by atoms with Crippen molar-refractivity contribution >= 4 is 45.2 Å². The van der Waals surface area contributed by atoms with Crippen LogP contribution in [0.3, 0.4) is 0 Å². The number of nitro groups is 1. The third-order valence-electron chi connectivity index (χ3n) is 4.66. The van der Waals surface area contributed by atoms with E-state index < -0.39 is 34.1 Å². The summed E-state index contributed by atoms with van der Waals surface area (Å²) in [5.41, 5.74) is -2.16. The summed E-state index contributed by atoms with van der Waals surface area (Å²) in [5, 5.41) is 15.4. The molecule has 1 spiro atoms. The summed E-state index contributed by atoms with van der Waals surface area (Å²) in [7, 11) is 0. The molecule has 1 atom stereocenters. The molecule has 28 heavy (non-hydrogen) atoms. The molecular formula is C17H10BrFN4O5. The van der Waals surface area contributed by atoms with Gasteiger partial charge >= 0.3 is 6.03 Å². The van der Waals surface area contributed by atoms with Crippen LogP contribution in [0.4, 0.5) is 20.6 Å². The van der Waals surface area contributed by atoms with Gasteiger partial charge in [-0.25, -0.2) is 9.18 Å². The highest BCUT2D eigenvalue weighted by Gasteiger charge is 2.61. The number of urea groups is 1. The van der Waals surface area contributed by atoms with E-state index >= 15 is 0 Å². The SMILES string of the molecule is O=C1NC(=O)C2(N1)C(=O)N(Cc1ccc(Br)cc1F)c1ccc([N+](=O)[O-])cc12. The Kier molecular flexibility index (Phi) is 3.93. The molecule has 0 radical (unpaired) electrons. The van der Waals surface area contributed by atoms with Crippen molar-refractivity contribution in [1.82, 2.24) is 10.6 Å². The number of fused-ring (bicyclic) bond motifs is 2. The summed E-state index contributed by atoms with van der Waals surface area (Å²) in [6, 6.07) is 6.93. The Hall–Kier alpha value is -3.34. The Balaban J connectivity index is 1.86. The van der Waals surface area contributed by atoms with E-state index in [1.807, 2.05) is 5.32 Å². The second kappa shape index (κ2) is 6.09. The predicted molar refractivity (Wildman–Crippen MR) is 96.7 cm³/mol. The molecule has 2 aromatic rings. The summed E-state index contributed by atoms with van der Waals surface area (Å²) in [6.45, 7) is -0.229. The quantitative estimate of drug-likeness (QED) is 0.322. The van der Waals surface area contributed by atoms with Crippen LogP contribution in [0.2, 0.25) is 0 Å². The zero-order valence-electron chi connectivity index (χ0n) is 13.9. The number of nitrogens with zero attached hydrogens (tertiary/aromatic N) is 2. The Bertz CT molecular complexity index is 1090. The van der Waals surface area contributed by atoms with E-state index in [0.29, 0.717) is 4.47 Å². The van der Waals surface area contributed by atoms with E-state index in [9.17, 15) is 28.9 Å². The van der Waals surface area contributed by atoms with E-state index in [1.54, 1.807) is 6.07 Å². The highest BCUT2D eigenvalue weighted by Crippen LogP contribution is 2.44. The van der Waals surface area contributed by atoms with Gasteiger partial charge in [0.2, 0.25) is 5.54 Å². The predicted octanol–water partition coefficient (Wildman–Crippen LogP) is 2.08. The molecule has 2 aliphatic heterocycles. The minimum absolute atomic E-state index is 0.0347. The number of nitro benzene ring substituents is 1. The van der Waals surface area contributed by atoms with Gasteiger partial charge in [-0.2, -0.15) is 0 Å². The van der Waals surface area contributed by atoms with E-state index in [0.717, 1.165) is 11.0 Å². The summed E-state index contributed by atoms with van der Waals surface area (Å²) in [5.74, 6) is -2.34. The van der Waals surface area contributed by atoms with Gasteiger partial charge in [0, 0.05) is 27.7 Å². The zero-order chi connectivity index (χ0) is 20.2. The molecule has 9 nitrogen and oxygen atoms in total. The number of imide groups is 1. The normalized spacial score (nSPS) is 20.4. The number of non-ortho nitro benzene ring substituents is 1. The number of carbonyl (C=O) groups is 3. The summed E-state index contributed by atoms with van der Waals surface area (Å²) in [6.07, 6.45) is 0. The lowest BCUT2D eigenvalue weighted by atomic mass is 9.91. The number of hydrogen-bond donors (Lipinski definition) is 2. The van der Waals surface area contributed by atoms with Crippen molar-refractivity contribution in [3.05, 3.63) is 67.9 Å². The summed E-state index contributed by atoms with van der Waals surface area (Å²) in [4.78, 5) is 49.0. The Labute approximate surface area is 164 Å². The minimum Gasteiger partial charge on any atom is -0.312 e. The molecule has 11 heteroatoms. The molecule has 2 aromatic carbocycles. The molecular weight excluding hydrogens is 439 g/mol. The van der Waals surface area contributed by atoms with Gasteiger partial charge in [-0.15, -0.1) is 0 Å². The zero-order valence-corrected chi connectivity index (χ0v) is 15.4. The van der Waals surface area contributed by atoms with Crippen molar-refractivity contribution in [3.8, 4) is 0 Å². The van der Waals surface area contributed by atoms with Crippen LogP contribution in [-0.4, -0.2) is 22.8 Å². The largest absolute Gasteiger partial charge is 0.323 e. The minimum atomic E-state index is -2.12. The fourth-order valence-corrected chi connectivity index (χ4v) is 3.71. The van der Waals surface area contributed by atoms with E-state index in [1.165, 1.54) is 24.3 Å². The lowest BCUT2D eigenvalue weighted by Crippen LogP contribution is -2.52. The summed E-state index contributed by atoms with van der Waals surface area (Å²) < 4.78 is 14.8. The Morgan fingerprint density at radius 3 is 2.54 bits per heavy atom. The Morgan fingerprint density at radius 2 is 1.93 bits per heavy atom. The maximum absolute atomic E-state index is 14.3. The standard InChI is InChI=1S/C17H10BrFN4O5/c18-9-2-1-8(12(19)5-9)7-22-13-4-3-10(23(27)28)6-11(13)17(15(22)25)14(24)20-16(26)21-17/h1-6H,7H2,(H2,20,21,24,26). The van der Waals surface area contributed by atoms with Crippen LogP contribution >= 0.6 is 15.9 Å². The molecule has 2 heterocycles. The van der Waals surface area contributed by atoms with E-state index in [4.69, 9.17) is 0 Å². The first-order valence-corrected chi connectivity index (χ1v) is 8.72. The third-order valence-corrected chi connectivity index (χ3v) is 5.16. The van der Waals surface area contributed by atoms with Crippen LogP contribution in [-0.2, 0) is 21.7 Å². The Morgan fingerprint density at radius 1 is 1.18 bits per heavy atom. The molecule has 0 saturated carbocycles. The molecule has 0 aliphatic carbocycles. The van der Waals surface area contributed by atoms with Gasteiger partial charge in [-0.05, 0) is 18.2 Å². The van der Waals surface area contributed by atoms with Crippen molar-refractivity contribution < 1.29 is 23.7 Å². The van der Waals surface area contributed by atoms with Crippen LogP contribution in [0, 0.1) is 15.9 Å². The van der Waals surface area contributed by atoms with Crippen molar-refractivity contribution in [2.45, 2.75) is 12.1 Å². The summed E-state index contributed by atoms with van der Waals surface area (Å²) >= 11 is 3.15. The van der Waals surface area contributed by atoms with Crippen LogP contribution in [0.25, 0.3) is 0 Å². The topological polar surface area (TPSA) is 122 Å². The average molecular weight is 449 g/mol. The number of carbonyl (C=O) groups excluding carboxylic acids is 3. The molecule has 0 bridgehead atoms. The second-order valence-corrected chi connectivity index (χ2v) is 7.16. The number of amides is 4. The number of hydrogen-bond acceptors (Lipinski definition) is 5. The molecule has 0 aromatic heterocycles. The van der Waals surface area contributed by atoms with Gasteiger partial charge in [0.05, 0.1) is 17.2 Å². The van der Waals surface area contributed by atoms with Gasteiger partial charge in [0.1, 0.15) is 5.82 Å². The van der Waals surface area contributed by atoms with Gasteiger partial charge in [-0.3, -0.25) is 25.0 Å². The number of nitrogens with one attached hydrogen (secondary N) is 2. The van der Waals surface area contributed by atoms with Gasteiger partial charge in [0.25, 0.3) is 17.5 Å². The average Bonchev–Trinajstić information content (AvgIpc) is 3.06. The number of rotatable bonds is 3. The van der Waals surface area contributed by atoms with Crippen LogP contribution < -0.4 is 15.5 Å². The molecule has 1 saturated heterocycles. The van der Waals surface area contributed by atoms with Gasteiger partial charge < -0.3 is 10.2 Å². The van der Waals surface area contributed by atoms with Crippen molar-refractivity contribution in [2.24, 2.45) is 0 Å². The van der Waals surface area contributed by atoms with Crippen LogP contribution in [0.1, 0.15) is 11.1 Å². The smallest absolute Gasteiger partial charge is 0.312 e. The molecule has 1 fully saturated rings. The van der Waals surface area contributed by atoms with Crippen LogP contribution in [0.5, 0.6) is 0 Å². The first-order chi connectivity index (χ1) is 13.2. The molecule has 4 rings (SSSR count). The van der Waals surface area contributed by atoms with Gasteiger partial charge in [-0.1, -0.05) is 22.0 Å². The van der Waals surface area contributed by atoms with E-state index in [-0.39, 0.29) is 29.0 Å². The number of benzene rings is 2. The lowest BCUT2D eigenvalue weighted by molar-refractivity contribution is -0.384. The maximum Gasteiger partial charge on any atom is 0.323 e. The van der Waals surface area contributed by atoms with Crippen LogP contribution in [0.15, 0.2) is 40.9 Å². The first kappa shape index (κ1) is 18.0. The number of halogens is 2. The van der Waals surface area contributed by atoms with Crippen molar-refractivity contribution in [1.29, 1.82) is 0 Å². The van der Waals surface area contributed by atoms with Crippen molar-refractivity contribution in [2.75, 3.05) is 4.90 Å². The van der Waals surface area contributed by atoms with Crippen molar-refractivity contribution in [3.63, 3.8) is 0 Å². The number of anilines is 1. The molecule has 142 valence electrons. The van der Waals surface area contributed by atoms with E-state index in [2.05, 4.69) is 21.2 Å². The molecule has 1 unspecified atom stereocenters.